The van der Waals surface area contributed by atoms with Gasteiger partial charge in [0.1, 0.15) is 12.4 Å². The summed E-state index contributed by atoms with van der Waals surface area (Å²) in [5.41, 5.74) is 1.22. The van der Waals surface area contributed by atoms with Gasteiger partial charge in [0.15, 0.2) is 0 Å². The summed E-state index contributed by atoms with van der Waals surface area (Å²) < 4.78 is 5.52. The molecule has 3 heteroatoms. The van der Waals surface area contributed by atoms with E-state index >= 15 is 0 Å². The first-order chi connectivity index (χ1) is 8.22. The summed E-state index contributed by atoms with van der Waals surface area (Å²) in [6.45, 7) is 4.60. The summed E-state index contributed by atoms with van der Waals surface area (Å²) in [4.78, 5) is 0. The zero-order valence-corrected chi connectivity index (χ0v) is 11.5. The fourth-order valence-corrected chi connectivity index (χ4v) is 2.37. The van der Waals surface area contributed by atoms with Crippen LogP contribution in [0.2, 0.25) is 0 Å². The van der Waals surface area contributed by atoms with Crippen LogP contribution in [-0.2, 0) is 0 Å². The smallest absolute Gasteiger partial charge is 0.119 e. The summed E-state index contributed by atoms with van der Waals surface area (Å²) in [5, 5.41) is 9.72. The maximum absolute atomic E-state index is 9.72. The molecule has 0 spiro atoms. The van der Waals surface area contributed by atoms with Crippen LogP contribution in [0, 0.1) is 6.92 Å². The van der Waals surface area contributed by atoms with Gasteiger partial charge in [0.25, 0.3) is 0 Å². The lowest BCUT2D eigenvalue weighted by Gasteiger charge is -2.12. The van der Waals surface area contributed by atoms with Gasteiger partial charge in [-0.1, -0.05) is 31.0 Å². The Hall–Kier alpha value is -0.670. The second kappa shape index (κ2) is 8.43. The zero-order chi connectivity index (χ0) is 12.5. The van der Waals surface area contributed by atoms with Gasteiger partial charge < -0.3 is 9.84 Å². The summed E-state index contributed by atoms with van der Waals surface area (Å²) >= 11 is 1.79. The van der Waals surface area contributed by atoms with Crippen LogP contribution in [0.3, 0.4) is 0 Å². The van der Waals surface area contributed by atoms with E-state index in [1.807, 2.05) is 31.2 Å². The first kappa shape index (κ1) is 14.4. The molecule has 0 heterocycles. The molecule has 1 rings (SSSR count). The average molecular weight is 254 g/mol. The van der Waals surface area contributed by atoms with Gasteiger partial charge in [-0.15, -0.1) is 0 Å². The third-order valence-corrected chi connectivity index (χ3v) is 3.61. The highest BCUT2D eigenvalue weighted by Gasteiger charge is 2.05. The SMILES string of the molecule is CCCCSC[C@@H](O)COc1ccc(C)cc1. The molecule has 0 unspecified atom stereocenters. The molecule has 0 saturated carbocycles. The third kappa shape index (κ3) is 6.59. The summed E-state index contributed by atoms with van der Waals surface area (Å²) in [5.74, 6) is 2.71. The van der Waals surface area contributed by atoms with E-state index in [1.54, 1.807) is 11.8 Å². The van der Waals surface area contributed by atoms with Crippen LogP contribution in [-0.4, -0.2) is 29.3 Å². The average Bonchev–Trinajstić information content (AvgIpc) is 2.34. The Morgan fingerprint density at radius 3 is 2.65 bits per heavy atom. The van der Waals surface area contributed by atoms with Crippen molar-refractivity contribution >= 4 is 11.8 Å². The predicted molar refractivity (Wildman–Crippen MR) is 74.9 cm³/mol. The first-order valence-corrected chi connectivity index (χ1v) is 7.33. The molecule has 96 valence electrons. The number of hydrogen-bond donors (Lipinski definition) is 1. The van der Waals surface area contributed by atoms with Crippen molar-refractivity contribution < 1.29 is 9.84 Å². The van der Waals surface area contributed by atoms with E-state index in [0.717, 1.165) is 17.3 Å². The van der Waals surface area contributed by atoms with Crippen molar-refractivity contribution in [2.75, 3.05) is 18.1 Å². The van der Waals surface area contributed by atoms with E-state index < -0.39 is 0 Å². The number of aryl methyl sites for hydroxylation is 1. The molecular weight excluding hydrogens is 232 g/mol. The van der Waals surface area contributed by atoms with Crippen LogP contribution in [0.25, 0.3) is 0 Å². The van der Waals surface area contributed by atoms with E-state index in [4.69, 9.17) is 4.74 Å². The summed E-state index contributed by atoms with van der Waals surface area (Å²) in [6.07, 6.45) is 2.05. The Balaban J connectivity index is 2.14. The molecule has 0 radical (unpaired) electrons. The minimum absolute atomic E-state index is 0.377. The molecule has 0 aliphatic heterocycles. The van der Waals surface area contributed by atoms with Crippen molar-refractivity contribution in [2.45, 2.75) is 32.8 Å². The van der Waals surface area contributed by atoms with Crippen molar-refractivity contribution in [3.8, 4) is 5.75 Å². The maximum Gasteiger partial charge on any atom is 0.119 e. The van der Waals surface area contributed by atoms with Gasteiger partial charge in [-0.2, -0.15) is 11.8 Å². The normalized spacial score (nSPS) is 12.4. The maximum atomic E-state index is 9.72. The Morgan fingerprint density at radius 2 is 2.00 bits per heavy atom. The molecular formula is C14H22O2S. The molecule has 0 fully saturated rings. The number of hydrogen-bond acceptors (Lipinski definition) is 3. The Bertz CT molecular complexity index is 298. The highest BCUT2D eigenvalue weighted by Crippen LogP contribution is 2.13. The molecule has 0 amide bonds. The van der Waals surface area contributed by atoms with Crippen LogP contribution in [0.5, 0.6) is 5.75 Å². The van der Waals surface area contributed by atoms with E-state index in [2.05, 4.69) is 6.92 Å². The Labute approximate surface area is 108 Å². The largest absolute Gasteiger partial charge is 0.491 e. The van der Waals surface area contributed by atoms with Gasteiger partial charge in [0.05, 0.1) is 6.10 Å². The van der Waals surface area contributed by atoms with E-state index in [-0.39, 0.29) is 6.10 Å². The topological polar surface area (TPSA) is 29.5 Å². The van der Waals surface area contributed by atoms with E-state index in [9.17, 15) is 5.11 Å². The van der Waals surface area contributed by atoms with Crippen molar-refractivity contribution in [1.82, 2.24) is 0 Å². The number of aliphatic hydroxyl groups is 1. The molecule has 2 nitrogen and oxygen atoms in total. The zero-order valence-electron chi connectivity index (χ0n) is 10.7. The van der Waals surface area contributed by atoms with Crippen molar-refractivity contribution in [2.24, 2.45) is 0 Å². The second-order valence-electron chi connectivity index (χ2n) is 4.21. The fraction of sp³-hybridized carbons (Fsp3) is 0.571. The van der Waals surface area contributed by atoms with Crippen LogP contribution in [0.4, 0.5) is 0 Å². The number of unbranched alkanes of at least 4 members (excludes halogenated alkanes) is 1. The number of rotatable bonds is 8. The third-order valence-electron chi connectivity index (χ3n) is 2.42. The van der Waals surface area contributed by atoms with Crippen LogP contribution in [0.1, 0.15) is 25.3 Å². The molecule has 1 N–H and O–H groups in total. The number of thioether (sulfide) groups is 1. The highest BCUT2D eigenvalue weighted by molar-refractivity contribution is 7.99. The number of aliphatic hydroxyl groups excluding tert-OH is 1. The van der Waals surface area contributed by atoms with Crippen LogP contribution < -0.4 is 4.74 Å². The lowest BCUT2D eigenvalue weighted by atomic mass is 10.2. The van der Waals surface area contributed by atoms with Crippen molar-refractivity contribution in [3.63, 3.8) is 0 Å². The minimum Gasteiger partial charge on any atom is -0.491 e. The summed E-state index contributed by atoms with van der Waals surface area (Å²) in [7, 11) is 0. The predicted octanol–water partition coefficient (Wildman–Crippen LogP) is 3.27. The van der Waals surface area contributed by atoms with E-state index in [0.29, 0.717) is 6.61 Å². The van der Waals surface area contributed by atoms with Crippen LogP contribution >= 0.6 is 11.8 Å². The lowest BCUT2D eigenvalue weighted by molar-refractivity contribution is 0.126. The molecule has 1 aromatic rings. The van der Waals surface area contributed by atoms with Gasteiger partial charge >= 0.3 is 0 Å². The highest BCUT2D eigenvalue weighted by atomic mass is 32.2. The van der Waals surface area contributed by atoms with Gasteiger partial charge in [-0.3, -0.25) is 0 Å². The van der Waals surface area contributed by atoms with E-state index in [1.165, 1.54) is 18.4 Å². The molecule has 1 aromatic carbocycles. The molecule has 0 saturated heterocycles. The quantitative estimate of drug-likeness (QED) is 0.722. The Kier molecular flexibility index (Phi) is 7.13. The molecule has 17 heavy (non-hydrogen) atoms. The Morgan fingerprint density at radius 1 is 1.29 bits per heavy atom. The number of benzene rings is 1. The van der Waals surface area contributed by atoms with Gasteiger partial charge in [0, 0.05) is 5.75 Å². The standard InChI is InChI=1S/C14H22O2S/c1-3-4-9-17-11-13(15)10-16-14-7-5-12(2)6-8-14/h5-8,13,15H,3-4,9-11H2,1-2H3/t13-/m0/s1. The minimum atomic E-state index is -0.377. The molecule has 0 aromatic heterocycles. The lowest BCUT2D eigenvalue weighted by Crippen LogP contribution is -2.20. The van der Waals surface area contributed by atoms with Crippen molar-refractivity contribution in [1.29, 1.82) is 0 Å². The fourth-order valence-electron chi connectivity index (χ4n) is 1.34. The molecule has 0 aliphatic rings. The molecule has 0 bridgehead atoms. The van der Waals surface area contributed by atoms with Gasteiger partial charge in [-0.05, 0) is 31.2 Å². The summed E-state index contributed by atoms with van der Waals surface area (Å²) in [6, 6.07) is 7.90. The van der Waals surface area contributed by atoms with Gasteiger partial charge in [-0.25, -0.2) is 0 Å². The number of ether oxygens (including phenoxy) is 1. The molecule has 1 atom stereocenters. The first-order valence-electron chi connectivity index (χ1n) is 6.17. The van der Waals surface area contributed by atoms with Crippen molar-refractivity contribution in [3.05, 3.63) is 29.8 Å². The van der Waals surface area contributed by atoms with Crippen LogP contribution in [0.15, 0.2) is 24.3 Å². The molecule has 0 aliphatic carbocycles. The second-order valence-corrected chi connectivity index (χ2v) is 5.36. The van der Waals surface area contributed by atoms with Gasteiger partial charge in [0.2, 0.25) is 0 Å². The monoisotopic (exact) mass is 254 g/mol.